The van der Waals surface area contributed by atoms with Crippen molar-refractivity contribution >= 4 is 15.9 Å². The number of hydrogen-bond donors (Lipinski definition) is 0. The first-order valence-corrected chi connectivity index (χ1v) is 5.77. The average Bonchev–Trinajstić information content (AvgIpc) is 2.26. The third kappa shape index (κ3) is 3.65. The van der Waals surface area contributed by atoms with Crippen molar-refractivity contribution in [1.82, 2.24) is 4.90 Å². The van der Waals surface area contributed by atoms with Gasteiger partial charge < -0.3 is 0 Å². The minimum absolute atomic E-state index is 0.0208. The molecular formula is C12H15BrN2. The molecule has 0 bridgehead atoms. The van der Waals surface area contributed by atoms with Gasteiger partial charge in [0.05, 0.1) is 12.1 Å². The Bertz CT molecular complexity index is 357. The van der Waals surface area contributed by atoms with Crippen molar-refractivity contribution in [2.75, 3.05) is 13.6 Å². The van der Waals surface area contributed by atoms with E-state index in [0.29, 0.717) is 0 Å². The predicted octanol–water partition coefficient (Wildman–Crippen LogP) is 2.84. The molecule has 0 fully saturated rings. The molecule has 0 aliphatic heterocycles. The van der Waals surface area contributed by atoms with Crippen LogP contribution in [0.4, 0.5) is 0 Å². The number of rotatable bonds is 4. The Hall–Kier alpha value is -0.850. The van der Waals surface area contributed by atoms with Crippen LogP contribution in [0.5, 0.6) is 0 Å². The molecule has 0 aliphatic rings. The van der Waals surface area contributed by atoms with Crippen LogP contribution in [0.3, 0.4) is 0 Å². The first kappa shape index (κ1) is 12.2. The van der Waals surface area contributed by atoms with E-state index in [2.05, 4.69) is 33.0 Å². The molecule has 2 nitrogen and oxygen atoms in total. The number of nitriles is 1. The van der Waals surface area contributed by atoms with E-state index >= 15 is 0 Å². The molecule has 0 aliphatic carbocycles. The van der Waals surface area contributed by atoms with Crippen molar-refractivity contribution in [2.45, 2.75) is 19.4 Å². The topological polar surface area (TPSA) is 27.0 Å². The molecule has 0 amide bonds. The summed E-state index contributed by atoms with van der Waals surface area (Å²) in [6.45, 7) is 2.82. The highest BCUT2D eigenvalue weighted by molar-refractivity contribution is 9.10. The molecule has 1 aromatic carbocycles. The normalized spacial score (nSPS) is 12.5. The number of halogens is 1. The maximum atomic E-state index is 8.76. The predicted molar refractivity (Wildman–Crippen MR) is 65.6 cm³/mol. The Labute approximate surface area is 99.6 Å². The molecule has 15 heavy (non-hydrogen) atoms. The molecule has 0 saturated carbocycles. The largest absolute Gasteiger partial charge is 0.291 e. The van der Waals surface area contributed by atoms with Crippen LogP contribution in [0.25, 0.3) is 0 Å². The molecule has 0 N–H and O–H groups in total. The van der Waals surface area contributed by atoms with Crippen molar-refractivity contribution in [3.05, 3.63) is 34.3 Å². The van der Waals surface area contributed by atoms with E-state index in [1.165, 1.54) is 5.56 Å². The molecule has 0 radical (unpaired) electrons. The first-order valence-electron chi connectivity index (χ1n) is 4.98. The third-order valence-corrected chi connectivity index (χ3v) is 3.31. The van der Waals surface area contributed by atoms with Crippen LogP contribution >= 0.6 is 15.9 Å². The van der Waals surface area contributed by atoms with Gasteiger partial charge >= 0.3 is 0 Å². The highest BCUT2D eigenvalue weighted by Gasteiger charge is 2.07. The van der Waals surface area contributed by atoms with Gasteiger partial charge in [-0.1, -0.05) is 34.1 Å². The molecule has 0 spiro atoms. The highest BCUT2D eigenvalue weighted by atomic mass is 79.9. The van der Waals surface area contributed by atoms with Crippen LogP contribution in [0.1, 0.15) is 12.5 Å². The summed E-state index contributed by atoms with van der Waals surface area (Å²) in [5, 5.41) is 8.76. The standard InChI is InChI=1S/C12H15BrN2/c1-10(9-14)15(2)8-7-11-5-3-4-6-12(11)13/h3-6,10H,7-8H2,1-2H3. The van der Waals surface area contributed by atoms with Gasteiger partial charge in [0.25, 0.3) is 0 Å². The van der Waals surface area contributed by atoms with E-state index in [1.807, 2.05) is 32.2 Å². The minimum Gasteiger partial charge on any atom is -0.291 e. The van der Waals surface area contributed by atoms with Crippen LogP contribution < -0.4 is 0 Å². The molecule has 1 unspecified atom stereocenters. The molecule has 80 valence electrons. The summed E-state index contributed by atoms with van der Waals surface area (Å²) < 4.78 is 1.14. The van der Waals surface area contributed by atoms with Gasteiger partial charge in [0.1, 0.15) is 0 Å². The Kier molecular flexibility index (Phi) is 4.80. The lowest BCUT2D eigenvalue weighted by atomic mass is 10.1. The summed E-state index contributed by atoms with van der Waals surface area (Å²) in [4.78, 5) is 2.06. The average molecular weight is 267 g/mol. The fourth-order valence-electron chi connectivity index (χ4n) is 1.29. The Morgan fingerprint density at radius 3 is 2.73 bits per heavy atom. The van der Waals surface area contributed by atoms with E-state index < -0.39 is 0 Å². The molecular weight excluding hydrogens is 252 g/mol. The van der Waals surface area contributed by atoms with Gasteiger partial charge in [-0.2, -0.15) is 5.26 Å². The Morgan fingerprint density at radius 2 is 2.13 bits per heavy atom. The van der Waals surface area contributed by atoms with Gasteiger partial charge in [-0.15, -0.1) is 0 Å². The number of hydrogen-bond acceptors (Lipinski definition) is 2. The maximum Gasteiger partial charge on any atom is 0.0946 e. The number of likely N-dealkylation sites (N-methyl/N-ethyl adjacent to an activating group) is 1. The highest BCUT2D eigenvalue weighted by Crippen LogP contribution is 2.16. The van der Waals surface area contributed by atoms with Crippen LogP contribution in [-0.2, 0) is 6.42 Å². The van der Waals surface area contributed by atoms with Gasteiger partial charge in [-0.3, -0.25) is 4.90 Å². The molecule has 1 aromatic rings. The maximum absolute atomic E-state index is 8.76. The van der Waals surface area contributed by atoms with Gasteiger partial charge in [0, 0.05) is 11.0 Å². The number of benzene rings is 1. The van der Waals surface area contributed by atoms with Crippen molar-refractivity contribution in [3.63, 3.8) is 0 Å². The molecule has 0 saturated heterocycles. The molecule has 0 aromatic heterocycles. The van der Waals surface area contributed by atoms with Crippen LogP contribution in [0.2, 0.25) is 0 Å². The zero-order valence-electron chi connectivity index (χ0n) is 9.07. The molecule has 1 rings (SSSR count). The van der Waals surface area contributed by atoms with Gasteiger partial charge in [-0.25, -0.2) is 0 Å². The fourth-order valence-corrected chi connectivity index (χ4v) is 1.77. The molecule has 1 atom stereocenters. The zero-order chi connectivity index (χ0) is 11.3. The first-order chi connectivity index (χ1) is 7.15. The summed E-state index contributed by atoms with van der Waals surface area (Å²) in [7, 11) is 1.98. The fraction of sp³-hybridized carbons (Fsp3) is 0.417. The van der Waals surface area contributed by atoms with Crippen molar-refractivity contribution in [2.24, 2.45) is 0 Å². The second kappa shape index (κ2) is 5.89. The lowest BCUT2D eigenvalue weighted by Gasteiger charge is -2.18. The monoisotopic (exact) mass is 266 g/mol. The summed E-state index contributed by atoms with van der Waals surface area (Å²) in [6, 6.07) is 10.4. The second-order valence-corrected chi connectivity index (χ2v) is 4.48. The third-order valence-electron chi connectivity index (χ3n) is 2.54. The molecule has 3 heteroatoms. The number of nitrogens with zero attached hydrogens (tertiary/aromatic N) is 2. The van der Waals surface area contributed by atoms with E-state index in [4.69, 9.17) is 5.26 Å². The minimum atomic E-state index is -0.0208. The quantitative estimate of drug-likeness (QED) is 0.838. The molecule has 0 heterocycles. The van der Waals surface area contributed by atoms with Gasteiger partial charge in [0.2, 0.25) is 0 Å². The summed E-state index contributed by atoms with van der Waals surface area (Å²) >= 11 is 3.52. The zero-order valence-corrected chi connectivity index (χ0v) is 10.7. The summed E-state index contributed by atoms with van der Waals surface area (Å²) in [6.07, 6.45) is 0.962. The van der Waals surface area contributed by atoms with Crippen molar-refractivity contribution < 1.29 is 0 Å². The lowest BCUT2D eigenvalue weighted by Crippen LogP contribution is -2.29. The smallest absolute Gasteiger partial charge is 0.0946 e. The van der Waals surface area contributed by atoms with Crippen LogP contribution in [-0.4, -0.2) is 24.5 Å². The van der Waals surface area contributed by atoms with Crippen LogP contribution in [0, 0.1) is 11.3 Å². The van der Waals surface area contributed by atoms with Gasteiger partial charge in [-0.05, 0) is 32.0 Å². The SMILES string of the molecule is CC(C#N)N(C)CCc1ccccc1Br. The summed E-state index contributed by atoms with van der Waals surface area (Å²) in [5.41, 5.74) is 1.29. The van der Waals surface area contributed by atoms with E-state index in [9.17, 15) is 0 Å². The van der Waals surface area contributed by atoms with Crippen molar-refractivity contribution in [3.8, 4) is 6.07 Å². The lowest BCUT2D eigenvalue weighted by molar-refractivity contribution is 0.306. The van der Waals surface area contributed by atoms with E-state index in [0.717, 1.165) is 17.4 Å². The summed E-state index contributed by atoms with van der Waals surface area (Å²) in [5.74, 6) is 0. The Morgan fingerprint density at radius 1 is 1.47 bits per heavy atom. The second-order valence-electron chi connectivity index (χ2n) is 3.63. The van der Waals surface area contributed by atoms with Crippen LogP contribution in [0.15, 0.2) is 28.7 Å². The van der Waals surface area contributed by atoms with E-state index in [1.54, 1.807) is 0 Å². The Balaban J connectivity index is 2.51. The van der Waals surface area contributed by atoms with Crippen molar-refractivity contribution in [1.29, 1.82) is 5.26 Å². The van der Waals surface area contributed by atoms with E-state index in [-0.39, 0.29) is 6.04 Å². The van der Waals surface area contributed by atoms with Gasteiger partial charge in [0.15, 0.2) is 0 Å².